The average Bonchev–Trinajstić information content (AvgIpc) is 3.19. The van der Waals surface area contributed by atoms with Gasteiger partial charge >= 0.3 is 5.69 Å². The number of hydrogen-bond acceptors (Lipinski definition) is 5. The number of nitrogens with one attached hydrogen (secondary N) is 1. The first-order chi connectivity index (χ1) is 13.7. The van der Waals surface area contributed by atoms with Crippen LogP contribution in [0.1, 0.15) is 23.4 Å². The lowest BCUT2D eigenvalue weighted by atomic mass is 10.2. The van der Waals surface area contributed by atoms with Crippen molar-refractivity contribution in [3.05, 3.63) is 68.4 Å². The third kappa shape index (κ3) is 4.77. The number of halogens is 2. The summed E-state index contributed by atoms with van der Waals surface area (Å²) in [4.78, 5) is 22.7. The van der Waals surface area contributed by atoms with Crippen LogP contribution < -0.4 is 5.32 Å². The third-order valence-corrected chi connectivity index (χ3v) is 4.68. The second-order valence-corrected chi connectivity index (χ2v) is 6.84. The van der Waals surface area contributed by atoms with Crippen LogP contribution in [-0.4, -0.2) is 30.4 Å². The zero-order valence-corrected chi connectivity index (χ0v) is 16.5. The quantitative estimate of drug-likeness (QED) is 0.465. The molecule has 0 fully saturated rings. The Morgan fingerprint density at radius 1 is 1.31 bits per heavy atom. The molecule has 0 saturated carbocycles. The van der Waals surface area contributed by atoms with E-state index in [4.69, 9.17) is 11.6 Å². The smallest absolute Gasteiger partial charge is 0.309 e. The molecule has 3 rings (SSSR count). The van der Waals surface area contributed by atoms with Crippen LogP contribution in [0.15, 0.2) is 30.5 Å². The van der Waals surface area contributed by atoms with Crippen LogP contribution in [-0.2, 0) is 17.9 Å². The number of carbonyl (C=O) groups is 1. The van der Waals surface area contributed by atoms with Gasteiger partial charge in [-0.2, -0.15) is 10.2 Å². The first-order valence-corrected chi connectivity index (χ1v) is 9.08. The number of aromatic nitrogens is 4. The first kappa shape index (κ1) is 20.5. The molecule has 2 aromatic heterocycles. The summed E-state index contributed by atoms with van der Waals surface area (Å²) in [6, 6.07) is 5.75. The third-order valence-electron chi connectivity index (χ3n) is 4.33. The normalized spacial score (nSPS) is 10.9. The number of amides is 1. The monoisotopic (exact) mass is 420 g/mol. The van der Waals surface area contributed by atoms with Gasteiger partial charge in [-0.3, -0.25) is 24.3 Å². The molecule has 0 radical (unpaired) electrons. The number of hydrogen-bond donors (Lipinski definition) is 1. The summed E-state index contributed by atoms with van der Waals surface area (Å²) < 4.78 is 16.1. The minimum Gasteiger partial charge on any atom is -0.309 e. The van der Waals surface area contributed by atoms with Gasteiger partial charge < -0.3 is 5.32 Å². The molecule has 0 aliphatic rings. The van der Waals surface area contributed by atoms with E-state index in [2.05, 4.69) is 15.5 Å². The molecule has 0 atom stereocenters. The van der Waals surface area contributed by atoms with Crippen molar-refractivity contribution in [3.63, 3.8) is 0 Å². The molecule has 1 amide bonds. The second kappa shape index (κ2) is 8.39. The van der Waals surface area contributed by atoms with Gasteiger partial charge in [0, 0.05) is 23.7 Å². The molecular formula is C18H18ClFN6O3. The maximum Gasteiger partial charge on any atom is 0.312 e. The minimum atomic E-state index is -0.478. The average molecular weight is 421 g/mol. The van der Waals surface area contributed by atoms with E-state index in [1.807, 2.05) is 0 Å². The highest BCUT2D eigenvalue weighted by Gasteiger charge is 2.21. The largest absolute Gasteiger partial charge is 0.312 e. The lowest BCUT2D eigenvalue weighted by molar-refractivity contribution is -0.386. The van der Waals surface area contributed by atoms with Crippen LogP contribution >= 0.6 is 11.6 Å². The summed E-state index contributed by atoms with van der Waals surface area (Å²) in [5.41, 5.74) is 1.37. The van der Waals surface area contributed by atoms with Gasteiger partial charge in [-0.25, -0.2) is 4.39 Å². The molecule has 11 heteroatoms. The molecule has 152 valence electrons. The Morgan fingerprint density at radius 2 is 2.07 bits per heavy atom. The van der Waals surface area contributed by atoms with Gasteiger partial charge in [-0.15, -0.1) is 0 Å². The first-order valence-electron chi connectivity index (χ1n) is 8.70. The number of nitro groups is 1. The fourth-order valence-electron chi connectivity index (χ4n) is 2.92. The molecule has 29 heavy (non-hydrogen) atoms. The van der Waals surface area contributed by atoms with E-state index in [0.717, 1.165) is 0 Å². The standard InChI is InChI=1S/C18H18ClFN6O3/c1-11-18(26(28)29)12(2)25(22-11)8-6-17(27)21-16-5-7-24(23-16)10-13-3-4-14(20)9-15(13)19/h3-5,7,9H,6,8,10H2,1-2H3,(H,21,23,27). The Labute approximate surface area is 170 Å². The number of aryl methyl sites for hydroxylation is 2. The van der Waals surface area contributed by atoms with Crippen molar-refractivity contribution in [1.29, 1.82) is 0 Å². The van der Waals surface area contributed by atoms with Crippen LogP contribution in [0.3, 0.4) is 0 Å². The van der Waals surface area contributed by atoms with Gasteiger partial charge in [0.25, 0.3) is 0 Å². The summed E-state index contributed by atoms with van der Waals surface area (Å²) >= 11 is 6.01. The predicted molar refractivity (Wildman–Crippen MR) is 104 cm³/mol. The van der Waals surface area contributed by atoms with Crippen LogP contribution in [0, 0.1) is 29.8 Å². The lowest BCUT2D eigenvalue weighted by Crippen LogP contribution is -2.16. The highest BCUT2D eigenvalue weighted by molar-refractivity contribution is 6.31. The van der Waals surface area contributed by atoms with Crippen molar-refractivity contribution < 1.29 is 14.1 Å². The van der Waals surface area contributed by atoms with E-state index < -0.39 is 10.7 Å². The molecule has 0 saturated heterocycles. The Kier molecular flexibility index (Phi) is 5.92. The molecule has 1 N–H and O–H groups in total. The fourth-order valence-corrected chi connectivity index (χ4v) is 3.15. The van der Waals surface area contributed by atoms with Gasteiger partial charge in [-0.1, -0.05) is 17.7 Å². The topological polar surface area (TPSA) is 108 Å². The zero-order valence-electron chi connectivity index (χ0n) is 15.7. The minimum absolute atomic E-state index is 0.0383. The van der Waals surface area contributed by atoms with E-state index in [1.54, 1.807) is 36.9 Å². The van der Waals surface area contributed by atoms with Gasteiger partial charge in [0.05, 0.1) is 18.0 Å². The van der Waals surface area contributed by atoms with Gasteiger partial charge in [0.15, 0.2) is 5.82 Å². The molecule has 0 bridgehead atoms. The van der Waals surface area contributed by atoms with Crippen molar-refractivity contribution in [2.75, 3.05) is 5.32 Å². The molecule has 9 nitrogen and oxygen atoms in total. The Balaban J connectivity index is 1.58. The van der Waals surface area contributed by atoms with E-state index >= 15 is 0 Å². The molecule has 0 aliphatic heterocycles. The maximum absolute atomic E-state index is 13.1. The van der Waals surface area contributed by atoms with Gasteiger partial charge in [0.2, 0.25) is 5.91 Å². The maximum atomic E-state index is 13.1. The predicted octanol–water partition coefficient (Wildman–Crippen LogP) is 3.47. The number of benzene rings is 1. The summed E-state index contributed by atoms with van der Waals surface area (Å²) in [6.45, 7) is 3.68. The SMILES string of the molecule is Cc1nn(CCC(=O)Nc2ccn(Cc3ccc(F)cc3Cl)n2)c(C)c1[N+](=O)[O-]. The number of rotatable bonds is 7. The molecule has 0 spiro atoms. The highest BCUT2D eigenvalue weighted by atomic mass is 35.5. The van der Waals surface area contributed by atoms with Gasteiger partial charge in [-0.05, 0) is 31.5 Å². The van der Waals surface area contributed by atoms with Crippen LogP contribution in [0.25, 0.3) is 0 Å². The van der Waals surface area contributed by atoms with E-state index in [9.17, 15) is 19.3 Å². The van der Waals surface area contributed by atoms with Crippen LogP contribution in [0.2, 0.25) is 5.02 Å². The molecule has 3 aromatic rings. The molecule has 0 aliphatic carbocycles. The molecule has 2 heterocycles. The van der Waals surface area contributed by atoms with Crippen molar-refractivity contribution in [3.8, 4) is 0 Å². The summed E-state index contributed by atoms with van der Waals surface area (Å²) in [5.74, 6) is -0.363. The number of carbonyl (C=O) groups excluding carboxylic acids is 1. The van der Waals surface area contributed by atoms with Crippen LogP contribution in [0.4, 0.5) is 15.9 Å². The van der Waals surface area contributed by atoms with Crippen molar-refractivity contribution >= 4 is 29.0 Å². The Bertz CT molecular complexity index is 1080. The van der Waals surface area contributed by atoms with E-state index in [1.165, 1.54) is 16.8 Å². The Morgan fingerprint density at radius 3 is 2.72 bits per heavy atom. The van der Waals surface area contributed by atoms with Crippen molar-refractivity contribution in [1.82, 2.24) is 19.6 Å². The fraction of sp³-hybridized carbons (Fsp3) is 0.278. The van der Waals surface area contributed by atoms with Crippen molar-refractivity contribution in [2.45, 2.75) is 33.4 Å². The van der Waals surface area contributed by atoms with E-state index in [0.29, 0.717) is 34.3 Å². The molecule has 1 aromatic carbocycles. The Hall–Kier alpha value is -3.27. The summed E-state index contributed by atoms with van der Waals surface area (Å²) in [6.07, 6.45) is 1.75. The molecular weight excluding hydrogens is 403 g/mol. The number of anilines is 1. The van der Waals surface area contributed by atoms with Gasteiger partial charge in [0.1, 0.15) is 17.2 Å². The lowest BCUT2D eigenvalue weighted by Gasteiger charge is -2.06. The van der Waals surface area contributed by atoms with Crippen molar-refractivity contribution in [2.24, 2.45) is 0 Å². The molecule has 0 unspecified atom stereocenters. The zero-order chi connectivity index (χ0) is 21.1. The number of nitrogens with zero attached hydrogens (tertiary/aromatic N) is 5. The van der Waals surface area contributed by atoms with Crippen LogP contribution in [0.5, 0.6) is 0 Å². The summed E-state index contributed by atoms with van der Waals surface area (Å²) in [7, 11) is 0. The second-order valence-electron chi connectivity index (χ2n) is 6.43. The van der Waals surface area contributed by atoms with E-state index in [-0.39, 0.29) is 24.6 Å². The highest BCUT2D eigenvalue weighted by Crippen LogP contribution is 2.22. The summed E-state index contributed by atoms with van der Waals surface area (Å²) in [5, 5.41) is 22.4.